The fraction of sp³-hybridized carbons (Fsp3) is 0.0556. The second-order valence-corrected chi connectivity index (χ2v) is 4.91. The average molecular weight is 302 g/mol. The molecule has 1 amide bonds. The molecule has 23 heavy (non-hydrogen) atoms. The van der Waals surface area contributed by atoms with Gasteiger partial charge in [0.2, 0.25) is 5.91 Å². The number of pyridine rings is 2. The Labute approximate surface area is 133 Å². The monoisotopic (exact) mass is 302 g/mol. The Bertz CT molecular complexity index is 946. The van der Waals surface area contributed by atoms with Crippen molar-refractivity contribution in [3.05, 3.63) is 66.8 Å². The van der Waals surface area contributed by atoms with E-state index < -0.39 is 0 Å². The predicted octanol–water partition coefficient (Wildman–Crippen LogP) is 2.49. The molecule has 3 heterocycles. The molecule has 0 unspecified atom stereocenters. The maximum Gasteiger partial charge on any atom is 0.247 e. The van der Waals surface area contributed by atoms with E-state index in [2.05, 4.69) is 33.7 Å². The molecule has 0 aliphatic carbocycles. The lowest BCUT2D eigenvalue weighted by atomic mass is 10.2. The van der Waals surface area contributed by atoms with Crippen LogP contribution in [0.1, 0.15) is 11.3 Å². The molecule has 0 bridgehead atoms. The van der Waals surface area contributed by atoms with Crippen LogP contribution in [0.5, 0.6) is 0 Å². The van der Waals surface area contributed by atoms with E-state index >= 15 is 0 Å². The molecule has 0 aliphatic heterocycles. The molecule has 3 aromatic rings. The van der Waals surface area contributed by atoms with E-state index in [4.69, 9.17) is 0 Å². The standard InChI is InChI=1S/C18H14N4O/c1-3-17(23)21-15-10-16-13(12-22(2)18(16)20-11-15)7-8-14-6-4-5-9-19-14/h3-6,9-12H,1H2,2H3,(H,21,23). The highest BCUT2D eigenvalue weighted by molar-refractivity contribution is 6.00. The number of carbonyl (C=O) groups is 1. The number of anilines is 1. The molecule has 1 N–H and O–H groups in total. The van der Waals surface area contributed by atoms with Crippen molar-refractivity contribution in [3.63, 3.8) is 0 Å². The third kappa shape index (κ3) is 3.11. The van der Waals surface area contributed by atoms with E-state index in [1.165, 1.54) is 6.08 Å². The Balaban J connectivity index is 2.03. The molecule has 5 heteroatoms. The van der Waals surface area contributed by atoms with E-state index in [1.807, 2.05) is 42.1 Å². The van der Waals surface area contributed by atoms with Crippen molar-refractivity contribution in [1.82, 2.24) is 14.5 Å². The van der Waals surface area contributed by atoms with Gasteiger partial charge in [0.15, 0.2) is 0 Å². The van der Waals surface area contributed by atoms with Gasteiger partial charge < -0.3 is 9.88 Å². The first kappa shape index (κ1) is 14.5. The highest BCUT2D eigenvalue weighted by Crippen LogP contribution is 2.21. The number of hydrogen-bond donors (Lipinski definition) is 1. The molecule has 5 nitrogen and oxygen atoms in total. The van der Waals surface area contributed by atoms with Crippen molar-refractivity contribution < 1.29 is 4.79 Å². The van der Waals surface area contributed by atoms with E-state index in [-0.39, 0.29) is 5.91 Å². The summed E-state index contributed by atoms with van der Waals surface area (Å²) in [4.78, 5) is 20.0. The van der Waals surface area contributed by atoms with Crippen LogP contribution in [0.25, 0.3) is 11.0 Å². The number of rotatable bonds is 2. The van der Waals surface area contributed by atoms with Crippen LogP contribution in [0, 0.1) is 11.8 Å². The summed E-state index contributed by atoms with van der Waals surface area (Å²) in [6, 6.07) is 7.45. The topological polar surface area (TPSA) is 59.8 Å². The van der Waals surface area contributed by atoms with Gasteiger partial charge in [-0.25, -0.2) is 9.97 Å². The zero-order chi connectivity index (χ0) is 16.2. The molecule has 0 aromatic carbocycles. The van der Waals surface area contributed by atoms with Gasteiger partial charge in [0.05, 0.1) is 17.4 Å². The lowest BCUT2D eigenvalue weighted by molar-refractivity contribution is -0.111. The normalized spacial score (nSPS) is 9.96. The molecule has 0 saturated carbocycles. The number of nitrogens with zero attached hydrogens (tertiary/aromatic N) is 3. The Morgan fingerprint density at radius 2 is 2.22 bits per heavy atom. The number of aryl methyl sites for hydroxylation is 1. The number of amides is 1. The SMILES string of the molecule is C=CC(=O)Nc1cnc2c(c1)c(C#Cc1ccccn1)cn2C. The van der Waals surface area contributed by atoms with Gasteiger partial charge in [0.1, 0.15) is 11.3 Å². The Kier molecular flexibility index (Phi) is 3.89. The van der Waals surface area contributed by atoms with Gasteiger partial charge in [-0.1, -0.05) is 18.6 Å². The molecule has 0 fully saturated rings. The minimum absolute atomic E-state index is 0.275. The molecule has 0 aliphatic rings. The lowest BCUT2D eigenvalue weighted by Crippen LogP contribution is -2.07. The predicted molar refractivity (Wildman–Crippen MR) is 89.8 cm³/mol. The van der Waals surface area contributed by atoms with Gasteiger partial charge in [-0.05, 0) is 30.2 Å². The van der Waals surface area contributed by atoms with Gasteiger partial charge in [-0.3, -0.25) is 4.79 Å². The first-order valence-electron chi connectivity index (χ1n) is 6.99. The molecule has 0 radical (unpaired) electrons. The van der Waals surface area contributed by atoms with Crippen LogP contribution in [0.2, 0.25) is 0 Å². The molecule has 3 aromatic heterocycles. The molecule has 3 rings (SSSR count). The van der Waals surface area contributed by atoms with E-state index in [9.17, 15) is 4.79 Å². The van der Waals surface area contributed by atoms with Crippen molar-refractivity contribution in [2.75, 3.05) is 5.32 Å². The van der Waals surface area contributed by atoms with Crippen LogP contribution >= 0.6 is 0 Å². The first-order valence-corrected chi connectivity index (χ1v) is 6.99. The minimum Gasteiger partial charge on any atom is -0.334 e. The smallest absolute Gasteiger partial charge is 0.247 e. The summed E-state index contributed by atoms with van der Waals surface area (Å²) in [5.74, 6) is 5.87. The van der Waals surface area contributed by atoms with Crippen LogP contribution in [-0.2, 0) is 11.8 Å². The third-order valence-electron chi connectivity index (χ3n) is 3.26. The van der Waals surface area contributed by atoms with Gasteiger partial charge in [-0.15, -0.1) is 0 Å². The highest BCUT2D eigenvalue weighted by atomic mass is 16.1. The lowest BCUT2D eigenvalue weighted by Gasteiger charge is -2.02. The summed E-state index contributed by atoms with van der Waals surface area (Å²) in [5, 5.41) is 3.58. The Hall–Kier alpha value is -3.39. The number of nitrogens with one attached hydrogen (secondary N) is 1. The maximum atomic E-state index is 11.4. The molecular formula is C18H14N4O. The maximum absolute atomic E-state index is 11.4. The quantitative estimate of drug-likeness (QED) is 0.584. The summed E-state index contributed by atoms with van der Waals surface area (Å²) >= 11 is 0. The summed E-state index contributed by atoms with van der Waals surface area (Å²) in [5.41, 5.74) is 2.94. The van der Waals surface area contributed by atoms with Gasteiger partial charge in [-0.2, -0.15) is 0 Å². The van der Waals surface area contributed by atoms with Crippen molar-refractivity contribution >= 4 is 22.6 Å². The van der Waals surface area contributed by atoms with Crippen molar-refractivity contribution in [1.29, 1.82) is 0 Å². The largest absolute Gasteiger partial charge is 0.334 e. The van der Waals surface area contributed by atoms with Crippen molar-refractivity contribution in [3.8, 4) is 11.8 Å². The van der Waals surface area contributed by atoms with Crippen LogP contribution in [-0.4, -0.2) is 20.4 Å². The number of carbonyl (C=O) groups excluding carboxylic acids is 1. The summed E-state index contributed by atoms with van der Waals surface area (Å²) in [6.45, 7) is 3.44. The van der Waals surface area contributed by atoms with Gasteiger partial charge in [0, 0.05) is 24.8 Å². The first-order chi connectivity index (χ1) is 11.2. The Morgan fingerprint density at radius 3 is 2.96 bits per heavy atom. The second-order valence-electron chi connectivity index (χ2n) is 4.91. The average Bonchev–Trinajstić information content (AvgIpc) is 2.89. The van der Waals surface area contributed by atoms with Crippen LogP contribution in [0.15, 0.2) is 55.5 Å². The number of aromatic nitrogens is 3. The van der Waals surface area contributed by atoms with E-state index in [1.54, 1.807) is 12.4 Å². The molecular weight excluding hydrogens is 288 g/mol. The van der Waals surface area contributed by atoms with Crippen molar-refractivity contribution in [2.45, 2.75) is 0 Å². The van der Waals surface area contributed by atoms with Gasteiger partial charge in [0.25, 0.3) is 0 Å². The zero-order valence-corrected chi connectivity index (χ0v) is 12.6. The van der Waals surface area contributed by atoms with Crippen LogP contribution in [0.3, 0.4) is 0 Å². The summed E-state index contributed by atoms with van der Waals surface area (Å²) < 4.78 is 1.90. The minimum atomic E-state index is -0.275. The van der Waals surface area contributed by atoms with E-state index in [0.29, 0.717) is 11.4 Å². The molecule has 0 spiro atoms. The van der Waals surface area contributed by atoms with E-state index in [0.717, 1.165) is 16.6 Å². The third-order valence-corrected chi connectivity index (χ3v) is 3.26. The fourth-order valence-corrected chi connectivity index (χ4v) is 2.19. The fourth-order valence-electron chi connectivity index (χ4n) is 2.19. The summed E-state index contributed by atoms with van der Waals surface area (Å²) in [6.07, 6.45) is 6.45. The molecule has 0 saturated heterocycles. The number of fused-ring (bicyclic) bond motifs is 1. The van der Waals surface area contributed by atoms with Crippen LogP contribution < -0.4 is 5.32 Å². The second kappa shape index (κ2) is 6.16. The molecule has 0 atom stereocenters. The Morgan fingerprint density at radius 1 is 1.35 bits per heavy atom. The van der Waals surface area contributed by atoms with Gasteiger partial charge >= 0.3 is 0 Å². The van der Waals surface area contributed by atoms with Crippen LogP contribution in [0.4, 0.5) is 5.69 Å². The summed E-state index contributed by atoms with van der Waals surface area (Å²) in [7, 11) is 1.91. The van der Waals surface area contributed by atoms with Crippen molar-refractivity contribution in [2.24, 2.45) is 7.05 Å². The number of hydrogen-bond acceptors (Lipinski definition) is 3. The zero-order valence-electron chi connectivity index (χ0n) is 12.6. The molecule has 112 valence electrons. The highest BCUT2D eigenvalue weighted by Gasteiger charge is 2.08.